The predicted octanol–water partition coefficient (Wildman–Crippen LogP) is 4.70. The molecule has 1 N–H and O–H groups in total. The first-order valence-corrected chi connectivity index (χ1v) is 8.06. The number of benzene rings is 2. The Balaban J connectivity index is 0.00000176. The van der Waals surface area contributed by atoms with E-state index in [1.165, 1.54) is 24.3 Å². The molecule has 0 saturated carbocycles. The Morgan fingerprint density at radius 1 is 1.00 bits per heavy atom. The molecule has 0 atom stereocenters. The van der Waals surface area contributed by atoms with Crippen molar-refractivity contribution in [2.24, 2.45) is 0 Å². The van der Waals surface area contributed by atoms with E-state index < -0.39 is 18.2 Å². The Labute approximate surface area is 155 Å². The van der Waals surface area contributed by atoms with Crippen LogP contribution < -0.4 is 10.1 Å². The summed E-state index contributed by atoms with van der Waals surface area (Å²) in [5, 5.41) is 2.39. The molecule has 2 aromatic rings. The van der Waals surface area contributed by atoms with E-state index in [1.807, 2.05) is 13.8 Å². The first kappa shape index (κ1) is 22.0. The van der Waals surface area contributed by atoms with Crippen molar-refractivity contribution >= 4 is 17.6 Å². The second-order valence-corrected chi connectivity index (χ2v) is 5.05. The Morgan fingerprint density at radius 3 is 2.07 bits per heavy atom. The summed E-state index contributed by atoms with van der Waals surface area (Å²) in [4.78, 5) is 22.6. The molecule has 0 saturated heterocycles. The second kappa shape index (κ2) is 9.61. The minimum atomic E-state index is -4.74. The number of aryl methyl sites for hydroxylation is 1. The minimum absolute atomic E-state index is 0.309. The van der Waals surface area contributed by atoms with Crippen molar-refractivity contribution in [1.82, 2.24) is 0 Å². The Hall–Kier alpha value is -3.03. The number of halogens is 3. The van der Waals surface area contributed by atoms with Crippen LogP contribution in [0.3, 0.4) is 0 Å². The van der Waals surface area contributed by atoms with Crippen LogP contribution in [0.2, 0.25) is 0 Å². The average Bonchev–Trinajstić information content (AvgIpc) is 2.62. The number of amides is 1. The number of ether oxygens (including phenoxy) is 2. The van der Waals surface area contributed by atoms with Gasteiger partial charge in [0.05, 0.1) is 7.11 Å². The SMILES string of the molecule is CC.COC(=O)C(=O)Nc1ccc(-c2ccc(OC(F)(F)F)cc2)c(C)c1. The van der Waals surface area contributed by atoms with E-state index >= 15 is 0 Å². The van der Waals surface area contributed by atoms with Crippen molar-refractivity contribution in [2.75, 3.05) is 12.4 Å². The normalized spacial score (nSPS) is 10.3. The highest BCUT2D eigenvalue weighted by Crippen LogP contribution is 2.29. The monoisotopic (exact) mass is 383 g/mol. The van der Waals surface area contributed by atoms with Crippen molar-refractivity contribution in [3.63, 3.8) is 0 Å². The van der Waals surface area contributed by atoms with Crippen LogP contribution in [0.25, 0.3) is 11.1 Å². The fourth-order valence-corrected chi connectivity index (χ4v) is 2.18. The zero-order valence-corrected chi connectivity index (χ0v) is 15.3. The van der Waals surface area contributed by atoms with Crippen LogP contribution >= 0.6 is 0 Å². The van der Waals surface area contributed by atoms with Crippen molar-refractivity contribution in [3.8, 4) is 16.9 Å². The molecule has 0 radical (unpaired) electrons. The van der Waals surface area contributed by atoms with Crippen LogP contribution in [-0.2, 0) is 14.3 Å². The van der Waals surface area contributed by atoms with Gasteiger partial charge in [-0.25, -0.2) is 4.79 Å². The fourth-order valence-electron chi connectivity index (χ4n) is 2.18. The molecule has 5 nitrogen and oxygen atoms in total. The van der Waals surface area contributed by atoms with Gasteiger partial charge in [0.1, 0.15) is 5.75 Å². The lowest BCUT2D eigenvalue weighted by atomic mass is 10.00. The van der Waals surface area contributed by atoms with Gasteiger partial charge in [0, 0.05) is 5.69 Å². The van der Waals surface area contributed by atoms with Crippen molar-refractivity contribution in [3.05, 3.63) is 48.0 Å². The number of carbonyl (C=O) groups is 2. The van der Waals surface area contributed by atoms with Crippen LogP contribution in [0.5, 0.6) is 5.75 Å². The van der Waals surface area contributed by atoms with Gasteiger partial charge in [-0.1, -0.05) is 32.0 Å². The highest BCUT2D eigenvalue weighted by atomic mass is 19.4. The number of methoxy groups -OCH3 is 1. The van der Waals surface area contributed by atoms with Crippen LogP contribution in [-0.4, -0.2) is 25.3 Å². The molecule has 2 rings (SSSR count). The Morgan fingerprint density at radius 2 is 1.59 bits per heavy atom. The molecular formula is C19H20F3NO4. The summed E-state index contributed by atoms with van der Waals surface area (Å²) in [6.07, 6.45) is -4.74. The molecule has 8 heteroatoms. The summed E-state index contributed by atoms with van der Waals surface area (Å²) in [7, 11) is 1.10. The van der Waals surface area contributed by atoms with Crippen LogP contribution in [0.4, 0.5) is 18.9 Å². The molecule has 0 unspecified atom stereocenters. The summed E-state index contributed by atoms with van der Waals surface area (Å²) in [6.45, 7) is 5.77. The molecule has 0 bridgehead atoms. The fraction of sp³-hybridized carbons (Fsp3) is 0.263. The molecule has 0 heterocycles. The van der Waals surface area contributed by atoms with E-state index in [0.29, 0.717) is 11.3 Å². The van der Waals surface area contributed by atoms with Crippen molar-refractivity contribution in [1.29, 1.82) is 0 Å². The summed E-state index contributed by atoms with van der Waals surface area (Å²) in [5.74, 6) is -2.22. The first-order valence-electron chi connectivity index (χ1n) is 8.06. The summed E-state index contributed by atoms with van der Waals surface area (Å²) >= 11 is 0. The van der Waals surface area contributed by atoms with Gasteiger partial charge >= 0.3 is 18.2 Å². The number of esters is 1. The zero-order chi connectivity index (χ0) is 20.6. The van der Waals surface area contributed by atoms with E-state index in [9.17, 15) is 22.8 Å². The smallest absolute Gasteiger partial charge is 0.462 e. The molecular weight excluding hydrogens is 363 g/mol. The van der Waals surface area contributed by atoms with Gasteiger partial charge in [0.15, 0.2) is 0 Å². The molecule has 27 heavy (non-hydrogen) atoms. The highest BCUT2D eigenvalue weighted by Gasteiger charge is 2.30. The lowest BCUT2D eigenvalue weighted by Crippen LogP contribution is -2.23. The van der Waals surface area contributed by atoms with E-state index in [-0.39, 0.29) is 5.75 Å². The highest BCUT2D eigenvalue weighted by molar-refractivity contribution is 6.37. The Bertz CT molecular complexity index is 787. The molecule has 0 aliphatic rings. The number of rotatable bonds is 3. The summed E-state index contributed by atoms with van der Waals surface area (Å²) < 4.78 is 44.6. The number of anilines is 1. The van der Waals surface area contributed by atoms with Gasteiger partial charge in [-0.3, -0.25) is 4.79 Å². The van der Waals surface area contributed by atoms with Crippen LogP contribution in [0.15, 0.2) is 42.5 Å². The maximum Gasteiger partial charge on any atom is 0.573 e. The maximum atomic E-state index is 12.2. The van der Waals surface area contributed by atoms with E-state index in [2.05, 4.69) is 14.8 Å². The average molecular weight is 383 g/mol. The third-order valence-corrected chi connectivity index (χ3v) is 3.25. The van der Waals surface area contributed by atoms with Gasteiger partial charge in [-0.15, -0.1) is 13.2 Å². The number of hydrogen-bond donors (Lipinski definition) is 1. The van der Waals surface area contributed by atoms with Gasteiger partial charge in [0.2, 0.25) is 0 Å². The zero-order valence-electron chi connectivity index (χ0n) is 15.3. The van der Waals surface area contributed by atoms with E-state index in [1.54, 1.807) is 25.1 Å². The van der Waals surface area contributed by atoms with Gasteiger partial charge in [-0.2, -0.15) is 0 Å². The van der Waals surface area contributed by atoms with E-state index in [0.717, 1.165) is 18.2 Å². The lowest BCUT2D eigenvalue weighted by molar-refractivity contribution is -0.274. The minimum Gasteiger partial charge on any atom is -0.462 e. The largest absolute Gasteiger partial charge is 0.573 e. The standard InChI is InChI=1S/C17H14F3NO4.C2H6/c1-10-9-12(21-15(22)16(23)24-2)5-8-14(10)11-3-6-13(7-4-11)25-17(18,19)20;1-2/h3-9H,1-2H3,(H,21,22);1-2H3. The van der Waals surface area contributed by atoms with Crippen molar-refractivity contribution < 1.29 is 32.2 Å². The quantitative estimate of drug-likeness (QED) is 0.616. The van der Waals surface area contributed by atoms with Crippen LogP contribution in [0.1, 0.15) is 19.4 Å². The summed E-state index contributed by atoms with van der Waals surface area (Å²) in [6, 6.07) is 10.3. The van der Waals surface area contributed by atoms with E-state index in [4.69, 9.17) is 0 Å². The molecule has 0 aliphatic carbocycles. The molecule has 0 fully saturated rings. The number of nitrogens with one attached hydrogen (secondary N) is 1. The third kappa shape index (κ3) is 6.65. The molecule has 2 aromatic carbocycles. The number of hydrogen-bond acceptors (Lipinski definition) is 4. The molecule has 0 aliphatic heterocycles. The predicted molar refractivity (Wildman–Crippen MR) is 95.3 cm³/mol. The first-order chi connectivity index (χ1) is 12.7. The second-order valence-electron chi connectivity index (χ2n) is 5.05. The topological polar surface area (TPSA) is 64.6 Å². The lowest BCUT2D eigenvalue weighted by Gasteiger charge is -2.11. The van der Waals surface area contributed by atoms with Crippen LogP contribution in [0, 0.1) is 6.92 Å². The number of carbonyl (C=O) groups excluding carboxylic acids is 2. The molecule has 0 spiro atoms. The van der Waals surface area contributed by atoms with Gasteiger partial charge in [0.25, 0.3) is 0 Å². The maximum absolute atomic E-state index is 12.2. The summed E-state index contributed by atoms with van der Waals surface area (Å²) in [5.41, 5.74) is 2.59. The molecule has 0 aromatic heterocycles. The van der Waals surface area contributed by atoms with Gasteiger partial charge in [-0.05, 0) is 47.9 Å². The number of alkyl halides is 3. The third-order valence-electron chi connectivity index (χ3n) is 3.25. The molecule has 1 amide bonds. The van der Waals surface area contributed by atoms with Crippen molar-refractivity contribution in [2.45, 2.75) is 27.1 Å². The van der Waals surface area contributed by atoms with Gasteiger partial charge < -0.3 is 14.8 Å². The molecule has 146 valence electrons. The Kier molecular flexibility index (Phi) is 7.83.